The second kappa shape index (κ2) is 10.2. The fraction of sp³-hybridized carbons (Fsp3) is 0.200. The SMILES string of the molecule is COc1ccc(-c2cc(=O)c3c(OC)cc(OCc4nn[nH]n4)cc3o2)cc1OC.[H-].[K+]. The summed E-state index contributed by atoms with van der Waals surface area (Å²) in [7, 11) is 4.56. The number of H-pyrrole nitrogens is 1. The van der Waals surface area contributed by atoms with Crippen LogP contribution >= 0.6 is 0 Å². The molecule has 0 bridgehead atoms. The number of nitrogens with zero attached hydrogens (tertiary/aromatic N) is 3. The van der Waals surface area contributed by atoms with Crippen molar-refractivity contribution < 1.29 is 76.2 Å². The van der Waals surface area contributed by atoms with Gasteiger partial charge in [-0.3, -0.25) is 4.79 Å². The third-order valence-electron chi connectivity index (χ3n) is 4.41. The Bertz CT molecular complexity index is 1250. The summed E-state index contributed by atoms with van der Waals surface area (Å²) in [5, 5.41) is 13.8. The third kappa shape index (κ3) is 4.91. The molecule has 31 heavy (non-hydrogen) atoms. The van der Waals surface area contributed by atoms with Gasteiger partial charge in [-0.1, -0.05) is 5.21 Å². The Hall–Kier alpha value is -2.44. The van der Waals surface area contributed by atoms with E-state index in [-0.39, 0.29) is 64.8 Å². The molecule has 0 fully saturated rings. The Balaban J connectivity index is 0.00000181. The summed E-state index contributed by atoms with van der Waals surface area (Å²) >= 11 is 0. The molecule has 4 aromatic rings. The predicted octanol–water partition coefficient (Wildman–Crippen LogP) is -0.306. The number of hydrogen-bond donors (Lipinski definition) is 1. The van der Waals surface area contributed by atoms with Gasteiger partial charge in [0.1, 0.15) is 28.2 Å². The molecule has 0 aliphatic heterocycles. The topological polar surface area (TPSA) is 122 Å². The van der Waals surface area contributed by atoms with E-state index in [0.717, 1.165) is 0 Å². The van der Waals surface area contributed by atoms with Gasteiger partial charge in [0.15, 0.2) is 23.5 Å². The fourth-order valence-corrected chi connectivity index (χ4v) is 3.00. The summed E-state index contributed by atoms with van der Waals surface area (Å²) in [6, 6.07) is 9.88. The van der Waals surface area contributed by atoms with Crippen LogP contribution in [0.3, 0.4) is 0 Å². The Morgan fingerprint density at radius 3 is 2.45 bits per heavy atom. The minimum Gasteiger partial charge on any atom is -1.00 e. The number of fused-ring (bicyclic) bond motifs is 1. The molecule has 2 aromatic heterocycles. The van der Waals surface area contributed by atoms with Gasteiger partial charge in [0.25, 0.3) is 0 Å². The number of ether oxygens (including phenoxy) is 4. The average molecular weight is 450 g/mol. The van der Waals surface area contributed by atoms with Crippen LogP contribution in [0.2, 0.25) is 0 Å². The molecule has 1 N–H and O–H groups in total. The minimum absolute atomic E-state index is 0. The molecule has 0 aliphatic rings. The van der Waals surface area contributed by atoms with E-state index in [2.05, 4.69) is 20.6 Å². The van der Waals surface area contributed by atoms with Gasteiger partial charge >= 0.3 is 51.4 Å². The summed E-state index contributed by atoms with van der Waals surface area (Å²) in [6.07, 6.45) is 0. The summed E-state index contributed by atoms with van der Waals surface area (Å²) in [5.74, 6) is 2.61. The molecule has 0 aliphatic carbocycles. The number of tetrazole rings is 1. The van der Waals surface area contributed by atoms with Crippen LogP contribution in [0, 0.1) is 0 Å². The van der Waals surface area contributed by atoms with Gasteiger partial charge in [-0.2, -0.15) is 5.21 Å². The molecule has 0 saturated heterocycles. The van der Waals surface area contributed by atoms with Crippen molar-refractivity contribution in [1.29, 1.82) is 0 Å². The maximum atomic E-state index is 12.8. The fourth-order valence-electron chi connectivity index (χ4n) is 3.00. The minimum atomic E-state index is -0.248. The van der Waals surface area contributed by atoms with Gasteiger partial charge in [-0.15, -0.1) is 10.2 Å². The maximum absolute atomic E-state index is 12.8. The molecule has 0 saturated carbocycles. The first-order valence-corrected chi connectivity index (χ1v) is 8.86. The van der Waals surface area contributed by atoms with E-state index in [9.17, 15) is 4.79 Å². The first-order chi connectivity index (χ1) is 14.6. The van der Waals surface area contributed by atoms with E-state index in [4.69, 9.17) is 23.4 Å². The van der Waals surface area contributed by atoms with Crippen LogP contribution < -0.4 is 75.8 Å². The molecule has 0 radical (unpaired) electrons. The Labute approximate surface area is 220 Å². The van der Waals surface area contributed by atoms with Crippen LogP contribution in [0.25, 0.3) is 22.3 Å². The average Bonchev–Trinajstić information content (AvgIpc) is 3.30. The van der Waals surface area contributed by atoms with E-state index in [0.29, 0.717) is 51.1 Å². The van der Waals surface area contributed by atoms with Crippen LogP contribution in [0.15, 0.2) is 45.6 Å². The second-order valence-corrected chi connectivity index (χ2v) is 6.16. The first-order valence-electron chi connectivity index (χ1n) is 8.86. The summed E-state index contributed by atoms with van der Waals surface area (Å²) in [4.78, 5) is 12.8. The number of aromatic nitrogens is 4. The van der Waals surface area contributed by atoms with Gasteiger partial charge in [0.2, 0.25) is 5.82 Å². The molecule has 11 heteroatoms. The van der Waals surface area contributed by atoms with Gasteiger partial charge in [-0.25, -0.2) is 0 Å². The van der Waals surface area contributed by atoms with Gasteiger partial charge in [-0.05, 0) is 18.2 Å². The molecule has 0 spiro atoms. The second-order valence-electron chi connectivity index (χ2n) is 6.16. The van der Waals surface area contributed by atoms with Gasteiger partial charge in [0, 0.05) is 23.8 Å². The molecule has 10 nitrogen and oxygen atoms in total. The van der Waals surface area contributed by atoms with Gasteiger partial charge < -0.3 is 24.8 Å². The number of methoxy groups -OCH3 is 3. The van der Waals surface area contributed by atoms with Crippen molar-refractivity contribution in [2.24, 2.45) is 0 Å². The maximum Gasteiger partial charge on any atom is 1.00 e. The van der Waals surface area contributed by atoms with Crippen molar-refractivity contribution in [3.63, 3.8) is 0 Å². The van der Waals surface area contributed by atoms with Gasteiger partial charge in [0.05, 0.1) is 21.3 Å². The zero-order valence-corrected chi connectivity index (χ0v) is 20.6. The number of nitrogens with one attached hydrogen (secondary N) is 1. The van der Waals surface area contributed by atoms with E-state index >= 15 is 0 Å². The molecular formula is C20H19KN4O6. The Morgan fingerprint density at radius 1 is 1.00 bits per heavy atom. The number of benzene rings is 2. The zero-order chi connectivity index (χ0) is 21.1. The van der Waals surface area contributed by atoms with E-state index in [1.165, 1.54) is 20.3 Å². The van der Waals surface area contributed by atoms with Crippen molar-refractivity contribution in [3.05, 3.63) is 52.4 Å². The van der Waals surface area contributed by atoms with E-state index in [1.54, 1.807) is 37.4 Å². The largest absolute Gasteiger partial charge is 1.00 e. The van der Waals surface area contributed by atoms with Crippen molar-refractivity contribution >= 4 is 11.0 Å². The van der Waals surface area contributed by atoms with Crippen molar-refractivity contribution in [2.45, 2.75) is 6.61 Å². The first kappa shape index (κ1) is 23.2. The molecule has 0 unspecified atom stereocenters. The van der Waals surface area contributed by atoms with Crippen LogP contribution in [-0.4, -0.2) is 42.0 Å². The molecular weight excluding hydrogens is 431 g/mol. The van der Waals surface area contributed by atoms with E-state index in [1.807, 2.05) is 0 Å². The van der Waals surface area contributed by atoms with Crippen molar-refractivity contribution in [1.82, 2.24) is 20.6 Å². The van der Waals surface area contributed by atoms with Crippen LogP contribution in [-0.2, 0) is 6.61 Å². The number of rotatable bonds is 7. The van der Waals surface area contributed by atoms with Crippen molar-refractivity contribution in [2.75, 3.05) is 21.3 Å². The Morgan fingerprint density at radius 2 is 1.77 bits per heavy atom. The monoisotopic (exact) mass is 450 g/mol. The summed E-state index contributed by atoms with van der Waals surface area (Å²) < 4.78 is 27.7. The molecule has 0 atom stereocenters. The smallest absolute Gasteiger partial charge is 1.00 e. The van der Waals surface area contributed by atoms with Crippen LogP contribution in [0.1, 0.15) is 7.25 Å². The van der Waals surface area contributed by atoms with Crippen LogP contribution in [0.5, 0.6) is 23.0 Å². The third-order valence-corrected chi connectivity index (χ3v) is 4.41. The molecule has 2 heterocycles. The number of hydrogen-bond acceptors (Lipinski definition) is 9. The summed E-state index contributed by atoms with van der Waals surface area (Å²) in [5.41, 5.74) is 0.723. The van der Waals surface area contributed by atoms with Crippen LogP contribution in [0.4, 0.5) is 0 Å². The Kier molecular flexibility index (Phi) is 7.67. The van der Waals surface area contributed by atoms with Crippen molar-refractivity contribution in [3.8, 4) is 34.3 Å². The molecule has 156 valence electrons. The molecule has 2 aromatic carbocycles. The molecule has 4 rings (SSSR count). The molecule has 0 amide bonds. The summed E-state index contributed by atoms with van der Waals surface area (Å²) in [6.45, 7) is 0.0881. The number of aromatic amines is 1. The standard InChI is InChI=1S/C20H18N4O6.K.H/c1-26-14-5-4-11(6-16(14)27-2)15-9-13(25)20-17(28-3)7-12(8-18(20)30-15)29-10-19-21-23-24-22-19;;/h4-9H,10H2,1-3H3,(H,21,22,23,24);;/q;+1;-1. The zero-order valence-electron chi connectivity index (χ0n) is 18.5. The predicted molar refractivity (Wildman–Crippen MR) is 107 cm³/mol. The normalized spacial score (nSPS) is 10.4. The quantitative estimate of drug-likeness (QED) is 0.378. The van der Waals surface area contributed by atoms with E-state index < -0.39 is 0 Å².